The van der Waals surface area contributed by atoms with Crippen LogP contribution in [0.2, 0.25) is 0 Å². The second-order valence-corrected chi connectivity index (χ2v) is 9.26. The van der Waals surface area contributed by atoms with Gasteiger partial charge in [-0.2, -0.15) is 18.4 Å². The number of rotatable bonds is 7. The SMILES string of the molecule is CCOC(=O)c1cc(C#N)c(N2CC(C(=O)NS(=O)(=O)Cc3ccc(F)cc3)C2)nc1C(F)(F)F. The minimum atomic E-state index is -5.03. The van der Waals surface area contributed by atoms with Gasteiger partial charge in [0.1, 0.15) is 17.7 Å². The number of alkyl halides is 3. The lowest BCUT2D eigenvalue weighted by atomic mass is 9.98. The molecule has 1 saturated heterocycles. The Morgan fingerprint density at radius 2 is 1.89 bits per heavy atom. The fourth-order valence-electron chi connectivity index (χ4n) is 3.30. The van der Waals surface area contributed by atoms with Crippen molar-refractivity contribution in [1.29, 1.82) is 5.26 Å². The number of benzene rings is 1. The largest absolute Gasteiger partial charge is 0.462 e. The van der Waals surface area contributed by atoms with Crippen LogP contribution in [-0.4, -0.2) is 45.0 Å². The van der Waals surface area contributed by atoms with E-state index < -0.39 is 62.6 Å². The van der Waals surface area contributed by atoms with E-state index in [-0.39, 0.29) is 30.8 Å². The number of nitrogens with zero attached hydrogens (tertiary/aromatic N) is 3. The van der Waals surface area contributed by atoms with Gasteiger partial charge in [-0.1, -0.05) is 12.1 Å². The molecule has 0 spiro atoms. The normalized spacial score (nSPS) is 14.1. The van der Waals surface area contributed by atoms with Crippen molar-refractivity contribution in [1.82, 2.24) is 9.71 Å². The number of ether oxygens (including phenoxy) is 1. The Morgan fingerprint density at radius 1 is 1.26 bits per heavy atom. The first-order chi connectivity index (χ1) is 16.3. The standard InChI is InChI=1S/C21H18F4N4O5S/c1-2-34-20(31)16-7-13(8-26)18(27-17(16)21(23,24)25)29-9-14(10-29)19(30)28-35(32,33)11-12-3-5-15(22)6-4-12/h3-7,14H,2,9-11H2,1H3,(H,28,30). The van der Waals surface area contributed by atoms with E-state index in [9.17, 15) is 40.8 Å². The average molecular weight is 514 g/mol. The summed E-state index contributed by atoms with van der Waals surface area (Å²) in [4.78, 5) is 29.0. The van der Waals surface area contributed by atoms with Crippen LogP contribution in [0.25, 0.3) is 0 Å². The van der Waals surface area contributed by atoms with Crippen molar-refractivity contribution in [3.63, 3.8) is 0 Å². The summed E-state index contributed by atoms with van der Waals surface area (Å²) in [5, 5.41) is 9.37. The van der Waals surface area contributed by atoms with Crippen molar-refractivity contribution in [3.05, 3.63) is 58.5 Å². The van der Waals surface area contributed by atoms with Crippen LogP contribution in [0, 0.1) is 23.1 Å². The van der Waals surface area contributed by atoms with Gasteiger partial charge in [0.05, 0.1) is 29.4 Å². The van der Waals surface area contributed by atoms with Crippen LogP contribution in [0.3, 0.4) is 0 Å². The van der Waals surface area contributed by atoms with E-state index in [1.165, 1.54) is 24.0 Å². The summed E-state index contributed by atoms with van der Waals surface area (Å²) in [6, 6.07) is 7.03. The van der Waals surface area contributed by atoms with Gasteiger partial charge in [-0.05, 0) is 30.7 Å². The number of carbonyl (C=O) groups is 2. The zero-order chi connectivity index (χ0) is 26.0. The smallest absolute Gasteiger partial charge is 0.434 e. The van der Waals surface area contributed by atoms with Gasteiger partial charge in [0.25, 0.3) is 0 Å². The summed E-state index contributed by atoms with van der Waals surface area (Å²) in [6.45, 7) is 0.793. The predicted octanol–water partition coefficient (Wildman–Crippen LogP) is 2.37. The number of carbonyl (C=O) groups excluding carboxylic acids is 2. The molecule has 9 nitrogen and oxygen atoms in total. The number of aromatic nitrogens is 1. The van der Waals surface area contributed by atoms with Crippen molar-refractivity contribution in [2.45, 2.75) is 18.9 Å². The molecule has 1 N–H and O–H groups in total. The van der Waals surface area contributed by atoms with Crippen LogP contribution in [0.15, 0.2) is 30.3 Å². The molecule has 35 heavy (non-hydrogen) atoms. The van der Waals surface area contributed by atoms with Gasteiger partial charge in [-0.15, -0.1) is 0 Å². The van der Waals surface area contributed by atoms with Crippen LogP contribution in [-0.2, 0) is 31.5 Å². The van der Waals surface area contributed by atoms with Crippen molar-refractivity contribution in [3.8, 4) is 6.07 Å². The molecular weight excluding hydrogens is 496 g/mol. The van der Waals surface area contributed by atoms with Crippen LogP contribution in [0.4, 0.5) is 23.4 Å². The summed E-state index contributed by atoms with van der Waals surface area (Å²) < 4.78 is 84.5. The highest BCUT2D eigenvalue weighted by molar-refractivity contribution is 7.89. The summed E-state index contributed by atoms with van der Waals surface area (Å²) in [7, 11) is -4.12. The number of esters is 1. The average Bonchev–Trinajstić information content (AvgIpc) is 2.72. The van der Waals surface area contributed by atoms with Crippen LogP contribution in [0.1, 0.15) is 34.1 Å². The van der Waals surface area contributed by atoms with Gasteiger partial charge in [0.15, 0.2) is 5.69 Å². The molecule has 0 radical (unpaired) electrons. The maximum absolute atomic E-state index is 13.5. The Balaban J connectivity index is 1.74. The molecule has 0 saturated carbocycles. The Kier molecular flexibility index (Phi) is 7.30. The van der Waals surface area contributed by atoms with E-state index in [0.29, 0.717) is 0 Å². The summed E-state index contributed by atoms with van der Waals surface area (Å²) in [5.41, 5.74) is -2.56. The number of nitrogens with one attached hydrogen (secondary N) is 1. The second-order valence-electron chi connectivity index (χ2n) is 7.54. The highest BCUT2D eigenvalue weighted by atomic mass is 32.2. The number of amides is 1. The second kappa shape index (κ2) is 9.87. The maximum Gasteiger partial charge on any atom is 0.434 e. The van der Waals surface area contributed by atoms with Crippen molar-refractivity contribution < 1.29 is 40.3 Å². The first kappa shape index (κ1) is 25.9. The van der Waals surface area contributed by atoms with Gasteiger partial charge >= 0.3 is 12.1 Å². The molecule has 0 unspecified atom stereocenters. The zero-order valence-electron chi connectivity index (χ0n) is 18.1. The number of pyridine rings is 1. The number of hydrogen-bond acceptors (Lipinski definition) is 8. The molecule has 1 fully saturated rings. The van der Waals surface area contributed by atoms with Crippen LogP contribution in [0.5, 0.6) is 0 Å². The lowest BCUT2D eigenvalue weighted by Gasteiger charge is -2.39. The lowest BCUT2D eigenvalue weighted by Crippen LogP contribution is -2.55. The molecule has 1 aromatic heterocycles. The molecule has 1 amide bonds. The molecule has 1 aliphatic rings. The zero-order valence-corrected chi connectivity index (χ0v) is 18.9. The van der Waals surface area contributed by atoms with Crippen LogP contribution >= 0.6 is 0 Å². The number of halogens is 4. The Morgan fingerprint density at radius 3 is 2.43 bits per heavy atom. The summed E-state index contributed by atoms with van der Waals surface area (Å²) >= 11 is 0. The van der Waals surface area contributed by atoms with Crippen molar-refractivity contribution >= 4 is 27.7 Å². The van der Waals surface area contributed by atoms with Gasteiger partial charge in [-0.25, -0.2) is 22.6 Å². The van der Waals surface area contributed by atoms with Crippen LogP contribution < -0.4 is 9.62 Å². The number of hydrogen-bond donors (Lipinski definition) is 1. The van der Waals surface area contributed by atoms with Gasteiger partial charge in [-0.3, -0.25) is 9.52 Å². The van der Waals surface area contributed by atoms with E-state index in [2.05, 4.69) is 9.72 Å². The third-order valence-corrected chi connectivity index (χ3v) is 6.19. The molecular formula is C21H18F4N4O5S. The quantitative estimate of drug-likeness (QED) is 0.441. The molecule has 1 aliphatic heterocycles. The predicted molar refractivity (Wildman–Crippen MR) is 113 cm³/mol. The molecule has 186 valence electrons. The summed E-state index contributed by atoms with van der Waals surface area (Å²) in [6.07, 6.45) is -5.03. The first-order valence-corrected chi connectivity index (χ1v) is 11.7. The molecule has 14 heteroatoms. The highest BCUT2D eigenvalue weighted by Crippen LogP contribution is 2.35. The lowest BCUT2D eigenvalue weighted by molar-refractivity contribution is -0.141. The van der Waals surface area contributed by atoms with Gasteiger partial charge in [0, 0.05) is 13.1 Å². The third-order valence-electron chi connectivity index (χ3n) is 4.96. The number of sulfonamides is 1. The molecule has 0 atom stereocenters. The maximum atomic E-state index is 13.5. The van der Waals surface area contributed by atoms with Crippen molar-refractivity contribution in [2.75, 3.05) is 24.6 Å². The molecule has 1 aromatic carbocycles. The summed E-state index contributed by atoms with van der Waals surface area (Å²) in [5.74, 6) is -4.63. The molecule has 2 aromatic rings. The first-order valence-electron chi connectivity index (χ1n) is 10.1. The molecule has 2 heterocycles. The Bertz CT molecular complexity index is 1280. The highest BCUT2D eigenvalue weighted by Gasteiger charge is 2.42. The minimum Gasteiger partial charge on any atom is -0.462 e. The minimum absolute atomic E-state index is 0.188. The number of anilines is 1. The fraction of sp³-hybridized carbons (Fsp3) is 0.333. The molecule has 3 rings (SSSR count). The van der Waals surface area contributed by atoms with E-state index in [4.69, 9.17) is 0 Å². The molecule has 0 aliphatic carbocycles. The Hall–Kier alpha value is -3.73. The van der Waals surface area contributed by atoms with E-state index in [0.717, 1.165) is 18.2 Å². The monoisotopic (exact) mass is 514 g/mol. The van der Waals surface area contributed by atoms with Gasteiger partial charge in [0.2, 0.25) is 15.9 Å². The van der Waals surface area contributed by atoms with E-state index in [1.54, 1.807) is 6.07 Å². The van der Waals surface area contributed by atoms with Gasteiger partial charge < -0.3 is 9.64 Å². The molecule has 0 bridgehead atoms. The van der Waals surface area contributed by atoms with E-state index in [1.807, 2.05) is 4.72 Å². The van der Waals surface area contributed by atoms with Crippen molar-refractivity contribution in [2.24, 2.45) is 5.92 Å². The third kappa shape index (κ3) is 6.04. The topological polar surface area (TPSA) is 129 Å². The number of nitriles is 1. The Labute approximate surface area is 197 Å². The van der Waals surface area contributed by atoms with E-state index >= 15 is 0 Å². The fourth-order valence-corrected chi connectivity index (χ4v) is 4.47.